The highest BCUT2D eigenvalue weighted by molar-refractivity contribution is 5.82. The lowest BCUT2D eigenvalue weighted by Gasteiger charge is -2.50. The number of hydrogen-bond acceptors (Lipinski definition) is 4. The summed E-state index contributed by atoms with van der Waals surface area (Å²) in [5, 5.41) is 0. The molecule has 0 spiro atoms. The van der Waals surface area contributed by atoms with E-state index in [9.17, 15) is 9.59 Å². The molecular formula is C22H32O4. The summed E-state index contributed by atoms with van der Waals surface area (Å²) in [6, 6.07) is 0. The predicted octanol–water partition coefficient (Wildman–Crippen LogP) is 4.28. The molecule has 2 aliphatic heterocycles. The molecule has 0 bridgehead atoms. The van der Waals surface area contributed by atoms with E-state index in [-0.39, 0.29) is 29.0 Å². The number of esters is 1. The van der Waals surface area contributed by atoms with Crippen LogP contribution >= 0.6 is 0 Å². The predicted molar refractivity (Wildman–Crippen MR) is 98.1 cm³/mol. The van der Waals surface area contributed by atoms with Crippen molar-refractivity contribution in [1.82, 2.24) is 0 Å². The van der Waals surface area contributed by atoms with Gasteiger partial charge in [0.25, 0.3) is 0 Å². The van der Waals surface area contributed by atoms with E-state index in [2.05, 4.69) is 27.4 Å². The first-order valence-electron chi connectivity index (χ1n) is 10.2. The molecule has 4 aliphatic rings. The third-order valence-corrected chi connectivity index (χ3v) is 8.16. The summed E-state index contributed by atoms with van der Waals surface area (Å²) in [5.74, 6) is 0.759. The van der Waals surface area contributed by atoms with Crippen LogP contribution in [0.25, 0.3) is 0 Å². The maximum atomic E-state index is 12.2. The number of carbonyl (C=O) groups excluding carboxylic acids is 2. The molecule has 0 amide bonds. The van der Waals surface area contributed by atoms with Crippen molar-refractivity contribution in [3.8, 4) is 0 Å². The Morgan fingerprint density at radius 1 is 1.19 bits per heavy atom. The number of fused-ring (bicyclic) bond motifs is 2. The van der Waals surface area contributed by atoms with Gasteiger partial charge in [0.1, 0.15) is 6.10 Å². The highest BCUT2D eigenvalue weighted by Crippen LogP contribution is 2.64. The van der Waals surface area contributed by atoms with E-state index in [1.807, 2.05) is 0 Å². The Balaban J connectivity index is 1.64. The van der Waals surface area contributed by atoms with Crippen molar-refractivity contribution in [3.05, 3.63) is 12.2 Å². The summed E-state index contributed by atoms with van der Waals surface area (Å²) < 4.78 is 11.2. The summed E-state index contributed by atoms with van der Waals surface area (Å²) in [6.07, 6.45) is 5.42. The molecule has 2 saturated carbocycles. The molecular weight excluding hydrogens is 328 g/mol. The van der Waals surface area contributed by atoms with Gasteiger partial charge < -0.3 is 9.47 Å². The molecule has 4 heteroatoms. The van der Waals surface area contributed by atoms with Crippen LogP contribution in [0.15, 0.2) is 12.2 Å². The van der Waals surface area contributed by atoms with Crippen molar-refractivity contribution in [1.29, 1.82) is 0 Å². The van der Waals surface area contributed by atoms with Crippen molar-refractivity contribution in [3.63, 3.8) is 0 Å². The van der Waals surface area contributed by atoms with Gasteiger partial charge in [-0.25, -0.2) is 0 Å². The molecule has 0 radical (unpaired) electrons. The standard InChI is InChI=1S/C22H32O4/c1-12(15-7-8-16-21(3,4)9-6-10-22(15,16)5)18-14-11-17(24)25-20(14)26-19(18)13(2)23/h14-16,18-20H,1,6-11H2,2-5H3/t14-,15-,16+,18+,19-,20+,22-/m1/s1. The van der Waals surface area contributed by atoms with Crippen molar-refractivity contribution < 1.29 is 19.1 Å². The molecule has 0 N–H and O–H groups in total. The smallest absolute Gasteiger partial charge is 0.308 e. The minimum Gasteiger partial charge on any atom is -0.435 e. The third kappa shape index (κ3) is 2.51. The first kappa shape index (κ1) is 18.2. The monoisotopic (exact) mass is 360 g/mol. The van der Waals surface area contributed by atoms with Gasteiger partial charge in [0.05, 0.1) is 6.42 Å². The lowest BCUT2D eigenvalue weighted by molar-refractivity contribution is -0.167. The van der Waals surface area contributed by atoms with Crippen molar-refractivity contribution in [2.45, 2.75) is 78.6 Å². The number of hydrogen-bond donors (Lipinski definition) is 0. The van der Waals surface area contributed by atoms with Crippen LogP contribution in [-0.2, 0) is 19.1 Å². The largest absolute Gasteiger partial charge is 0.435 e. The SMILES string of the molecule is C=C([C@H]1[C@H]2CC(=O)O[C@H]2O[C@@H]1C(C)=O)[C@H]1CC[C@H]2C(C)(C)CCC[C@]12C. The maximum Gasteiger partial charge on any atom is 0.308 e. The van der Waals surface area contributed by atoms with Crippen LogP contribution in [0.3, 0.4) is 0 Å². The van der Waals surface area contributed by atoms with Gasteiger partial charge in [-0.1, -0.05) is 39.3 Å². The van der Waals surface area contributed by atoms with Crippen LogP contribution in [0.2, 0.25) is 0 Å². The number of ether oxygens (including phenoxy) is 2. The van der Waals surface area contributed by atoms with Crippen LogP contribution in [0, 0.1) is 34.5 Å². The molecule has 0 unspecified atom stereocenters. The molecule has 4 nitrogen and oxygen atoms in total. The lowest BCUT2D eigenvalue weighted by atomic mass is 9.54. The zero-order chi connectivity index (χ0) is 18.9. The molecule has 0 aromatic rings. The Hall–Kier alpha value is -1.16. The average Bonchev–Trinajstić information content (AvgIpc) is 3.16. The van der Waals surface area contributed by atoms with Gasteiger partial charge >= 0.3 is 5.97 Å². The van der Waals surface area contributed by atoms with Crippen LogP contribution in [0.1, 0.15) is 66.2 Å². The fourth-order valence-corrected chi connectivity index (χ4v) is 7.06. The quantitative estimate of drug-likeness (QED) is 0.557. The molecule has 4 rings (SSSR count). The third-order valence-electron chi connectivity index (χ3n) is 8.16. The van der Waals surface area contributed by atoms with E-state index in [0.717, 1.165) is 12.0 Å². The summed E-state index contributed by atoms with van der Waals surface area (Å²) in [6.45, 7) is 13.4. The van der Waals surface area contributed by atoms with Gasteiger partial charge in [-0.15, -0.1) is 0 Å². The van der Waals surface area contributed by atoms with Crippen molar-refractivity contribution in [2.24, 2.45) is 34.5 Å². The molecule has 4 fully saturated rings. The average molecular weight is 360 g/mol. The van der Waals surface area contributed by atoms with Crippen molar-refractivity contribution in [2.75, 3.05) is 0 Å². The Morgan fingerprint density at radius 2 is 1.92 bits per heavy atom. The van der Waals surface area contributed by atoms with Gasteiger partial charge in [0.15, 0.2) is 5.78 Å². The minimum absolute atomic E-state index is 0.0188. The summed E-state index contributed by atoms with van der Waals surface area (Å²) in [5.41, 5.74) is 1.74. The number of carbonyl (C=O) groups is 2. The molecule has 144 valence electrons. The fraction of sp³-hybridized carbons (Fsp3) is 0.818. The van der Waals surface area contributed by atoms with Gasteiger partial charge in [-0.05, 0) is 55.3 Å². The molecule has 2 heterocycles. The fourth-order valence-electron chi connectivity index (χ4n) is 7.06. The normalized spacial score (nSPS) is 46.5. The number of rotatable bonds is 3. The second-order valence-electron chi connectivity index (χ2n) is 10.0. The minimum atomic E-state index is -0.564. The van der Waals surface area contributed by atoms with Crippen molar-refractivity contribution >= 4 is 11.8 Å². The van der Waals surface area contributed by atoms with Gasteiger partial charge in [-0.2, -0.15) is 0 Å². The van der Waals surface area contributed by atoms with E-state index >= 15 is 0 Å². The highest BCUT2D eigenvalue weighted by Gasteiger charge is 2.59. The molecule has 2 saturated heterocycles. The Labute approximate surface area is 156 Å². The van der Waals surface area contributed by atoms with E-state index in [0.29, 0.717) is 23.7 Å². The molecule has 0 aromatic carbocycles. The highest BCUT2D eigenvalue weighted by atomic mass is 16.7. The van der Waals surface area contributed by atoms with Crippen LogP contribution in [0.4, 0.5) is 0 Å². The van der Waals surface area contributed by atoms with Crippen LogP contribution in [0.5, 0.6) is 0 Å². The van der Waals surface area contributed by atoms with E-state index in [1.54, 1.807) is 6.92 Å². The van der Waals surface area contributed by atoms with Gasteiger partial charge in [-0.3, -0.25) is 9.59 Å². The van der Waals surface area contributed by atoms with Crippen LogP contribution < -0.4 is 0 Å². The van der Waals surface area contributed by atoms with E-state index in [1.165, 1.54) is 25.7 Å². The van der Waals surface area contributed by atoms with Gasteiger partial charge in [0, 0.05) is 11.8 Å². The number of ketones is 1. The van der Waals surface area contributed by atoms with Gasteiger partial charge in [0.2, 0.25) is 6.29 Å². The number of Topliss-reactive ketones (excluding diaryl/α,β-unsaturated/α-hetero) is 1. The topological polar surface area (TPSA) is 52.6 Å². The zero-order valence-corrected chi connectivity index (χ0v) is 16.5. The second kappa shape index (κ2) is 5.92. The Kier molecular flexibility index (Phi) is 4.15. The summed E-state index contributed by atoms with van der Waals surface area (Å²) in [4.78, 5) is 24.0. The molecule has 26 heavy (non-hydrogen) atoms. The van der Waals surface area contributed by atoms with E-state index < -0.39 is 12.4 Å². The molecule has 2 aliphatic carbocycles. The zero-order valence-electron chi connectivity index (χ0n) is 16.5. The molecule has 7 atom stereocenters. The van der Waals surface area contributed by atoms with E-state index in [4.69, 9.17) is 9.47 Å². The summed E-state index contributed by atoms with van der Waals surface area (Å²) in [7, 11) is 0. The Morgan fingerprint density at radius 3 is 2.62 bits per heavy atom. The first-order valence-corrected chi connectivity index (χ1v) is 10.2. The molecule has 0 aromatic heterocycles. The second-order valence-corrected chi connectivity index (χ2v) is 10.0. The first-order chi connectivity index (χ1) is 12.1. The Bertz CT molecular complexity index is 651. The van der Waals surface area contributed by atoms with Crippen LogP contribution in [-0.4, -0.2) is 24.1 Å². The maximum absolute atomic E-state index is 12.2. The summed E-state index contributed by atoms with van der Waals surface area (Å²) >= 11 is 0. The lowest BCUT2D eigenvalue weighted by Crippen LogP contribution is -2.43.